The maximum Gasteiger partial charge on any atom is 0.0658 e. The van der Waals surface area contributed by atoms with E-state index in [1.165, 1.54) is 18.6 Å². The molecule has 0 bridgehead atoms. The first-order valence-electron chi connectivity index (χ1n) is 4.50. The van der Waals surface area contributed by atoms with E-state index in [-0.39, 0.29) is 6.10 Å². The lowest BCUT2D eigenvalue weighted by Crippen LogP contribution is -2.16. The predicted molar refractivity (Wildman–Crippen MR) is 50.9 cm³/mol. The fourth-order valence-electron chi connectivity index (χ4n) is 1.42. The summed E-state index contributed by atoms with van der Waals surface area (Å²) in [5.74, 6) is 1.95. The van der Waals surface area contributed by atoms with Crippen molar-refractivity contribution in [3.63, 3.8) is 0 Å². The molecule has 1 nitrogen and oxygen atoms in total. The van der Waals surface area contributed by atoms with E-state index in [0.717, 1.165) is 12.3 Å². The van der Waals surface area contributed by atoms with Crippen molar-refractivity contribution in [1.82, 2.24) is 0 Å². The summed E-state index contributed by atoms with van der Waals surface area (Å²) >= 11 is 1.95. The summed E-state index contributed by atoms with van der Waals surface area (Å²) in [4.78, 5) is 0. The molecule has 2 heteroatoms. The predicted octanol–water partition coefficient (Wildman–Crippen LogP) is 2.29. The summed E-state index contributed by atoms with van der Waals surface area (Å²) in [7, 11) is 0. The molecule has 0 aliphatic heterocycles. The van der Waals surface area contributed by atoms with Crippen LogP contribution >= 0.6 is 11.8 Å². The van der Waals surface area contributed by atoms with Crippen LogP contribution in [0.5, 0.6) is 0 Å². The van der Waals surface area contributed by atoms with Gasteiger partial charge in [0, 0.05) is 5.25 Å². The zero-order valence-corrected chi connectivity index (χ0v) is 8.23. The zero-order chi connectivity index (χ0) is 8.27. The Kier molecular flexibility index (Phi) is 3.73. The van der Waals surface area contributed by atoms with Gasteiger partial charge in [0.25, 0.3) is 0 Å². The molecule has 0 spiro atoms. The summed E-state index contributed by atoms with van der Waals surface area (Å²) in [5, 5.41) is 10.0. The van der Waals surface area contributed by atoms with E-state index in [9.17, 15) is 5.11 Å². The van der Waals surface area contributed by atoms with Crippen LogP contribution in [0.15, 0.2) is 0 Å². The smallest absolute Gasteiger partial charge is 0.0658 e. The van der Waals surface area contributed by atoms with Crippen LogP contribution in [0.3, 0.4) is 0 Å². The molecule has 11 heavy (non-hydrogen) atoms. The Labute approximate surface area is 73.6 Å². The molecule has 1 saturated carbocycles. The van der Waals surface area contributed by atoms with Crippen molar-refractivity contribution < 1.29 is 5.11 Å². The van der Waals surface area contributed by atoms with Crippen LogP contribution in [-0.4, -0.2) is 22.2 Å². The highest BCUT2D eigenvalue weighted by molar-refractivity contribution is 7.99. The van der Waals surface area contributed by atoms with Gasteiger partial charge in [-0.15, -0.1) is 0 Å². The van der Waals surface area contributed by atoms with Crippen LogP contribution in [0.2, 0.25) is 0 Å². The number of hydrogen-bond acceptors (Lipinski definition) is 2. The lowest BCUT2D eigenvalue weighted by Gasteiger charge is -2.14. The van der Waals surface area contributed by atoms with Crippen LogP contribution in [0.25, 0.3) is 0 Å². The highest BCUT2D eigenvalue weighted by atomic mass is 32.2. The van der Waals surface area contributed by atoms with E-state index < -0.39 is 0 Å². The first kappa shape index (κ1) is 9.40. The Balaban J connectivity index is 2.15. The number of aliphatic hydroxyl groups is 1. The highest BCUT2D eigenvalue weighted by Crippen LogP contribution is 2.30. The summed E-state index contributed by atoms with van der Waals surface area (Å²) in [6, 6.07) is 0. The first-order chi connectivity index (χ1) is 5.20. The molecule has 66 valence electrons. The van der Waals surface area contributed by atoms with Crippen molar-refractivity contribution in [1.29, 1.82) is 0 Å². The molecule has 0 aromatic rings. The second kappa shape index (κ2) is 4.36. The SMILES string of the molecule is CC(C)CSC1CCCC1O. The van der Waals surface area contributed by atoms with Crippen LogP contribution in [-0.2, 0) is 0 Å². The molecule has 1 rings (SSSR count). The normalized spacial score (nSPS) is 31.6. The summed E-state index contributed by atoms with van der Waals surface area (Å²) < 4.78 is 0. The fourth-order valence-corrected chi connectivity index (χ4v) is 2.74. The third-order valence-corrected chi connectivity index (χ3v) is 3.90. The highest BCUT2D eigenvalue weighted by Gasteiger charge is 2.25. The molecule has 1 N–H and O–H groups in total. The standard InChI is InChI=1S/C9H18OS/c1-7(2)6-11-9-5-3-4-8(9)10/h7-10H,3-6H2,1-2H3. The van der Waals surface area contributed by atoms with E-state index in [0.29, 0.717) is 5.25 Å². The molecule has 1 fully saturated rings. The van der Waals surface area contributed by atoms with Gasteiger partial charge in [0.1, 0.15) is 0 Å². The Morgan fingerprint density at radius 2 is 2.18 bits per heavy atom. The van der Waals surface area contributed by atoms with E-state index in [1.807, 2.05) is 11.8 Å². The Morgan fingerprint density at radius 1 is 1.45 bits per heavy atom. The summed E-state index contributed by atoms with van der Waals surface area (Å²) in [6.07, 6.45) is 3.45. The number of rotatable bonds is 3. The van der Waals surface area contributed by atoms with Gasteiger partial charge in [-0.2, -0.15) is 11.8 Å². The number of aliphatic hydroxyl groups excluding tert-OH is 1. The van der Waals surface area contributed by atoms with Gasteiger partial charge in [-0.1, -0.05) is 13.8 Å². The number of hydrogen-bond donors (Lipinski definition) is 1. The molecule has 2 atom stereocenters. The Morgan fingerprint density at radius 3 is 2.64 bits per heavy atom. The lowest BCUT2D eigenvalue weighted by molar-refractivity contribution is 0.188. The largest absolute Gasteiger partial charge is 0.392 e. The minimum absolute atomic E-state index is 0.0150. The minimum atomic E-state index is -0.0150. The Hall–Kier alpha value is 0.310. The van der Waals surface area contributed by atoms with Crippen LogP contribution in [0.4, 0.5) is 0 Å². The van der Waals surface area contributed by atoms with Gasteiger partial charge in [-0.05, 0) is 30.9 Å². The summed E-state index contributed by atoms with van der Waals surface area (Å²) in [6.45, 7) is 4.46. The van der Waals surface area contributed by atoms with E-state index >= 15 is 0 Å². The minimum Gasteiger partial charge on any atom is -0.392 e. The molecule has 0 amide bonds. The van der Waals surface area contributed by atoms with Crippen molar-refractivity contribution in [3.8, 4) is 0 Å². The molecular formula is C9H18OS. The van der Waals surface area contributed by atoms with Crippen LogP contribution < -0.4 is 0 Å². The Bertz CT molecular complexity index is 114. The van der Waals surface area contributed by atoms with E-state index in [2.05, 4.69) is 13.8 Å². The third-order valence-electron chi connectivity index (χ3n) is 2.06. The molecule has 0 aromatic heterocycles. The molecule has 2 unspecified atom stereocenters. The molecule has 1 aliphatic carbocycles. The second-order valence-corrected chi connectivity index (χ2v) is 5.04. The van der Waals surface area contributed by atoms with Gasteiger partial charge in [-0.25, -0.2) is 0 Å². The molecule has 0 radical (unpaired) electrons. The van der Waals surface area contributed by atoms with Gasteiger partial charge in [0.2, 0.25) is 0 Å². The van der Waals surface area contributed by atoms with Crippen molar-refractivity contribution in [2.24, 2.45) is 5.92 Å². The van der Waals surface area contributed by atoms with Crippen molar-refractivity contribution in [3.05, 3.63) is 0 Å². The first-order valence-corrected chi connectivity index (χ1v) is 5.54. The third kappa shape index (κ3) is 3.04. The van der Waals surface area contributed by atoms with Gasteiger partial charge < -0.3 is 5.11 Å². The molecule has 0 saturated heterocycles. The molecule has 0 heterocycles. The maximum atomic E-state index is 9.48. The zero-order valence-electron chi connectivity index (χ0n) is 7.42. The molecule has 1 aliphatic rings. The monoisotopic (exact) mass is 174 g/mol. The average Bonchev–Trinajstić information content (AvgIpc) is 2.31. The summed E-state index contributed by atoms with van der Waals surface area (Å²) in [5.41, 5.74) is 0. The van der Waals surface area contributed by atoms with E-state index in [4.69, 9.17) is 0 Å². The van der Waals surface area contributed by atoms with Crippen LogP contribution in [0.1, 0.15) is 33.1 Å². The van der Waals surface area contributed by atoms with Gasteiger partial charge >= 0.3 is 0 Å². The topological polar surface area (TPSA) is 20.2 Å². The van der Waals surface area contributed by atoms with Crippen LogP contribution in [0, 0.1) is 5.92 Å². The quantitative estimate of drug-likeness (QED) is 0.708. The van der Waals surface area contributed by atoms with Gasteiger partial charge in [-0.3, -0.25) is 0 Å². The van der Waals surface area contributed by atoms with E-state index in [1.54, 1.807) is 0 Å². The lowest BCUT2D eigenvalue weighted by atomic mass is 10.3. The van der Waals surface area contributed by atoms with Gasteiger partial charge in [0.05, 0.1) is 6.10 Å². The maximum absolute atomic E-state index is 9.48. The van der Waals surface area contributed by atoms with Crippen molar-refractivity contribution >= 4 is 11.8 Å². The number of thioether (sulfide) groups is 1. The second-order valence-electron chi connectivity index (χ2n) is 3.76. The van der Waals surface area contributed by atoms with Gasteiger partial charge in [0.15, 0.2) is 0 Å². The average molecular weight is 174 g/mol. The molecular weight excluding hydrogens is 156 g/mol. The van der Waals surface area contributed by atoms with Crippen molar-refractivity contribution in [2.75, 3.05) is 5.75 Å². The molecule has 0 aromatic carbocycles. The fraction of sp³-hybridized carbons (Fsp3) is 1.00. The van der Waals surface area contributed by atoms with Crippen molar-refractivity contribution in [2.45, 2.75) is 44.5 Å².